The quantitative estimate of drug-likeness (QED) is 0.727. The second-order valence-electron chi connectivity index (χ2n) is 7.40. The molecule has 0 atom stereocenters. The van der Waals surface area contributed by atoms with Gasteiger partial charge in [-0.25, -0.2) is 0 Å². The van der Waals surface area contributed by atoms with E-state index >= 15 is 0 Å². The van der Waals surface area contributed by atoms with E-state index in [4.69, 9.17) is 0 Å². The largest absolute Gasteiger partial charge is 1.00 e. The van der Waals surface area contributed by atoms with Crippen molar-refractivity contribution < 1.29 is 16.9 Å². The lowest BCUT2D eigenvalue weighted by Crippen LogP contribution is -3.00. The first-order valence-electron chi connectivity index (χ1n) is 9.40. The number of quaternary nitrogens is 1. The van der Waals surface area contributed by atoms with Gasteiger partial charge in [0.05, 0.1) is 18.3 Å². The van der Waals surface area contributed by atoms with Crippen molar-refractivity contribution >= 4 is 0 Å². The first-order valence-corrected chi connectivity index (χ1v) is 9.40. The van der Waals surface area contributed by atoms with E-state index < -0.39 is 0 Å². The van der Waals surface area contributed by atoms with E-state index in [1.165, 1.54) is 69.8 Å². The molecule has 1 aromatic carbocycles. The molecule has 2 aliphatic carbocycles. The number of rotatable bonds is 5. The van der Waals surface area contributed by atoms with Crippen LogP contribution < -0.4 is 12.4 Å². The summed E-state index contributed by atoms with van der Waals surface area (Å²) in [7, 11) is 0. The monoisotopic (exact) mass is 333 g/mol. The second kappa shape index (κ2) is 8.89. The number of hydrogen-bond donors (Lipinski definition) is 0. The van der Waals surface area contributed by atoms with E-state index in [1.807, 2.05) is 0 Å². The topological polar surface area (TPSA) is 0 Å². The van der Waals surface area contributed by atoms with Gasteiger partial charge in [-0.1, -0.05) is 43.2 Å². The Labute approximate surface area is 148 Å². The van der Waals surface area contributed by atoms with Gasteiger partial charge in [-0.05, 0) is 57.9 Å². The third-order valence-corrected chi connectivity index (χ3v) is 6.15. The molecule has 0 saturated heterocycles. The van der Waals surface area contributed by atoms with Crippen LogP contribution in [0.5, 0.6) is 0 Å². The molecule has 2 heteroatoms. The first kappa shape index (κ1) is 18.5. The van der Waals surface area contributed by atoms with E-state index in [9.17, 15) is 0 Å². The SMILES string of the molecule is C=C[N+](Cc1ccccc1)(C1CCCCC1)C1CCCCC1.[Cl-]. The Balaban J connectivity index is 0.00000192. The van der Waals surface area contributed by atoms with Gasteiger partial charge >= 0.3 is 0 Å². The summed E-state index contributed by atoms with van der Waals surface area (Å²) in [6, 6.07) is 12.7. The van der Waals surface area contributed by atoms with E-state index in [0.717, 1.165) is 23.1 Å². The average molecular weight is 334 g/mol. The summed E-state index contributed by atoms with van der Waals surface area (Å²) in [5.41, 5.74) is 1.48. The van der Waals surface area contributed by atoms with Crippen molar-refractivity contribution in [1.29, 1.82) is 0 Å². The molecular formula is C21H32ClN. The summed E-state index contributed by atoms with van der Waals surface area (Å²) in [4.78, 5) is 0. The molecule has 0 spiro atoms. The predicted octanol–water partition coefficient (Wildman–Crippen LogP) is 2.82. The van der Waals surface area contributed by atoms with Crippen LogP contribution in [0.25, 0.3) is 0 Å². The summed E-state index contributed by atoms with van der Waals surface area (Å²) in [5, 5.41) is 0. The van der Waals surface area contributed by atoms with Crippen molar-refractivity contribution in [1.82, 2.24) is 0 Å². The summed E-state index contributed by atoms with van der Waals surface area (Å²) >= 11 is 0. The lowest BCUT2D eigenvalue weighted by Gasteiger charge is -2.50. The van der Waals surface area contributed by atoms with Crippen LogP contribution >= 0.6 is 0 Å². The number of benzene rings is 1. The van der Waals surface area contributed by atoms with Gasteiger partial charge < -0.3 is 12.4 Å². The third-order valence-electron chi connectivity index (χ3n) is 6.15. The molecule has 3 rings (SSSR count). The molecule has 0 amide bonds. The molecule has 0 aromatic heterocycles. The molecule has 0 radical (unpaired) electrons. The zero-order valence-electron chi connectivity index (χ0n) is 14.4. The van der Waals surface area contributed by atoms with Gasteiger partial charge in [0.1, 0.15) is 6.54 Å². The van der Waals surface area contributed by atoms with Gasteiger partial charge in [0.15, 0.2) is 0 Å². The number of nitrogens with zero attached hydrogens (tertiary/aromatic N) is 1. The molecular weight excluding hydrogens is 302 g/mol. The van der Waals surface area contributed by atoms with Crippen LogP contribution in [0.1, 0.15) is 69.8 Å². The summed E-state index contributed by atoms with van der Waals surface area (Å²) in [5.74, 6) is 0. The molecule has 0 bridgehead atoms. The minimum Gasteiger partial charge on any atom is -1.00 e. The Hall–Kier alpha value is -0.790. The molecule has 128 valence electrons. The molecule has 2 saturated carbocycles. The highest BCUT2D eigenvalue weighted by Crippen LogP contribution is 2.38. The van der Waals surface area contributed by atoms with E-state index in [-0.39, 0.29) is 12.4 Å². The van der Waals surface area contributed by atoms with Gasteiger partial charge in [-0.2, -0.15) is 0 Å². The molecule has 1 nitrogen and oxygen atoms in total. The van der Waals surface area contributed by atoms with Crippen LogP contribution in [0.3, 0.4) is 0 Å². The maximum atomic E-state index is 4.35. The minimum absolute atomic E-state index is 0. The summed E-state index contributed by atoms with van der Waals surface area (Å²) in [6.07, 6.45) is 16.5. The molecule has 0 unspecified atom stereocenters. The van der Waals surface area contributed by atoms with Crippen LogP contribution in [-0.2, 0) is 6.54 Å². The highest BCUT2D eigenvalue weighted by atomic mass is 35.5. The highest BCUT2D eigenvalue weighted by molar-refractivity contribution is 5.13. The van der Waals surface area contributed by atoms with E-state index in [2.05, 4.69) is 43.1 Å². The maximum absolute atomic E-state index is 4.35. The van der Waals surface area contributed by atoms with Crippen molar-refractivity contribution in [3.8, 4) is 0 Å². The van der Waals surface area contributed by atoms with Crippen LogP contribution in [0, 0.1) is 0 Å². The lowest BCUT2D eigenvalue weighted by atomic mass is 9.85. The van der Waals surface area contributed by atoms with Crippen LogP contribution in [0.4, 0.5) is 0 Å². The molecule has 1 aromatic rings. The molecule has 0 N–H and O–H groups in total. The fourth-order valence-electron chi connectivity index (χ4n) is 4.94. The lowest BCUT2D eigenvalue weighted by molar-refractivity contribution is -0.943. The maximum Gasteiger partial charge on any atom is 0.109 e. The second-order valence-corrected chi connectivity index (χ2v) is 7.40. The Morgan fingerprint density at radius 2 is 1.30 bits per heavy atom. The highest BCUT2D eigenvalue weighted by Gasteiger charge is 2.42. The van der Waals surface area contributed by atoms with Gasteiger partial charge in [0.25, 0.3) is 0 Å². The Morgan fingerprint density at radius 3 is 1.74 bits per heavy atom. The Kier molecular flexibility index (Phi) is 7.17. The summed E-state index contributed by atoms with van der Waals surface area (Å²) < 4.78 is 1.16. The van der Waals surface area contributed by atoms with Crippen LogP contribution in [0.15, 0.2) is 43.1 Å². The van der Waals surface area contributed by atoms with Gasteiger partial charge in [0, 0.05) is 5.56 Å². The van der Waals surface area contributed by atoms with Crippen molar-refractivity contribution in [3.05, 3.63) is 48.7 Å². The molecule has 2 aliphatic rings. The normalized spacial score (nSPS) is 20.7. The Bertz CT molecular complexity index is 440. The number of halogens is 1. The average Bonchev–Trinajstić information content (AvgIpc) is 2.62. The van der Waals surface area contributed by atoms with Crippen molar-refractivity contribution in [2.24, 2.45) is 0 Å². The van der Waals surface area contributed by atoms with Crippen LogP contribution in [-0.4, -0.2) is 16.6 Å². The fourth-order valence-corrected chi connectivity index (χ4v) is 4.94. The zero-order chi connectivity index (χ0) is 15.3. The number of hydrogen-bond acceptors (Lipinski definition) is 0. The van der Waals surface area contributed by atoms with E-state index in [1.54, 1.807) is 0 Å². The standard InChI is InChI=1S/C21H32N.ClH/c1-2-22(20-14-8-4-9-15-20,21-16-10-5-11-17-21)18-19-12-6-3-7-13-19;/h2-3,6-7,12-13,20-21H,1,4-5,8-11,14-18H2;1H/q+1;/p-1. The third kappa shape index (κ3) is 4.19. The van der Waals surface area contributed by atoms with Gasteiger partial charge in [-0.3, -0.25) is 4.48 Å². The first-order chi connectivity index (χ1) is 10.8. The molecule has 23 heavy (non-hydrogen) atoms. The Morgan fingerprint density at radius 1 is 0.826 bits per heavy atom. The van der Waals surface area contributed by atoms with Crippen molar-refractivity contribution in [3.63, 3.8) is 0 Å². The zero-order valence-corrected chi connectivity index (χ0v) is 15.2. The van der Waals surface area contributed by atoms with E-state index in [0.29, 0.717) is 0 Å². The van der Waals surface area contributed by atoms with Crippen molar-refractivity contribution in [2.45, 2.75) is 82.8 Å². The van der Waals surface area contributed by atoms with Gasteiger partial charge in [-0.15, -0.1) is 0 Å². The smallest absolute Gasteiger partial charge is 0.109 e. The van der Waals surface area contributed by atoms with Crippen LogP contribution in [0.2, 0.25) is 0 Å². The molecule has 2 fully saturated rings. The fraction of sp³-hybridized carbons (Fsp3) is 0.619. The molecule has 0 heterocycles. The summed E-state index contributed by atoms with van der Waals surface area (Å²) in [6.45, 7) is 5.50. The predicted molar refractivity (Wildman–Crippen MR) is 94.3 cm³/mol. The minimum atomic E-state index is 0. The van der Waals surface area contributed by atoms with Gasteiger partial charge in [0.2, 0.25) is 0 Å². The van der Waals surface area contributed by atoms with Crippen molar-refractivity contribution in [2.75, 3.05) is 0 Å². The molecule has 0 aliphatic heterocycles.